The molecule has 30 heavy (non-hydrogen) atoms. The number of fused-ring (bicyclic) bond motifs is 1. The summed E-state index contributed by atoms with van der Waals surface area (Å²) in [5, 5.41) is 9.44. The maximum Gasteiger partial charge on any atom is 0.220 e. The topological polar surface area (TPSA) is 52.4 Å². The number of pyridine rings is 1. The van der Waals surface area contributed by atoms with Gasteiger partial charge in [-0.3, -0.25) is 9.80 Å². The van der Waals surface area contributed by atoms with E-state index in [1.165, 1.54) is 5.56 Å². The summed E-state index contributed by atoms with van der Waals surface area (Å²) in [5.41, 5.74) is 5.86. The van der Waals surface area contributed by atoms with Crippen LogP contribution in [-0.4, -0.2) is 18.4 Å². The van der Waals surface area contributed by atoms with Gasteiger partial charge in [-0.15, -0.1) is 0 Å². The zero-order valence-corrected chi connectivity index (χ0v) is 18.0. The van der Waals surface area contributed by atoms with Crippen molar-refractivity contribution in [2.24, 2.45) is 0 Å². The summed E-state index contributed by atoms with van der Waals surface area (Å²) in [6.07, 6.45) is 1.20. The van der Waals surface area contributed by atoms with Crippen molar-refractivity contribution in [1.29, 1.82) is 5.26 Å². The summed E-state index contributed by atoms with van der Waals surface area (Å²) in [4.78, 5) is 8.83. The van der Waals surface area contributed by atoms with E-state index >= 15 is 0 Å². The lowest BCUT2D eigenvalue weighted by Gasteiger charge is -2.32. The number of para-hydroxylation sites is 1. The van der Waals surface area contributed by atoms with Crippen LogP contribution in [0, 0.1) is 18.3 Å². The Kier molecular flexibility index (Phi) is 4.97. The molecule has 0 radical (unpaired) electrons. The van der Waals surface area contributed by atoms with Crippen molar-refractivity contribution in [3.63, 3.8) is 0 Å². The number of benzene rings is 2. The smallest absolute Gasteiger partial charge is 0.220 e. The third-order valence-corrected chi connectivity index (χ3v) is 5.50. The quantitative estimate of drug-likeness (QED) is 0.560. The van der Waals surface area contributed by atoms with Crippen LogP contribution in [0.1, 0.15) is 37.5 Å². The Labute approximate surface area is 178 Å². The van der Waals surface area contributed by atoms with Crippen molar-refractivity contribution >= 4 is 22.9 Å². The highest BCUT2D eigenvalue weighted by Crippen LogP contribution is 2.47. The summed E-state index contributed by atoms with van der Waals surface area (Å²) in [6.45, 7) is 8.69. The van der Waals surface area contributed by atoms with Gasteiger partial charge in [0.1, 0.15) is 6.07 Å². The lowest BCUT2D eigenvalue weighted by atomic mass is 9.87. The van der Waals surface area contributed by atoms with Crippen LogP contribution in [0.5, 0.6) is 0 Å². The highest BCUT2D eigenvalue weighted by Gasteiger charge is 2.40. The van der Waals surface area contributed by atoms with Gasteiger partial charge < -0.3 is 4.74 Å². The number of nitrogens with zero attached hydrogens (tertiary/aromatic N) is 4. The van der Waals surface area contributed by atoms with Crippen LogP contribution in [-0.2, 0) is 10.2 Å². The maximum atomic E-state index is 9.44. The van der Waals surface area contributed by atoms with Crippen molar-refractivity contribution < 1.29 is 4.74 Å². The molecule has 1 aliphatic rings. The van der Waals surface area contributed by atoms with Gasteiger partial charge in [0.25, 0.3) is 0 Å². The summed E-state index contributed by atoms with van der Waals surface area (Å²) in [7, 11) is 1.70. The van der Waals surface area contributed by atoms with E-state index in [1.807, 2.05) is 18.2 Å². The number of aromatic nitrogens is 1. The Morgan fingerprint density at radius 3 is 2.30 bits per heavy atom. The van der Waals surface area contributed by atoms with E-state index < -0.39 is 6.35 Å². The van der Waals surface area contributed by atoms with Crippen LogP contribution in [0.15, 0.2) is 60.8 Å². The molecule has 0 aliphatic carbocycles. The van der Waals surface area contributed by atoms with Gasteiger partial charge in [0, 0.05) is 24.7 Å². The Morgan fingerprint density at radius 2 is 1.70 bits per heavy atom. The molecule has 0 saturated heterocycles. The second kappa shape index (κ2) is 7.47. The number of anilines is 4. The first kappa shape index (κ1) is 19.9. The van der Waals surface area contributed by atoms with Gasteiger partial charge in [-0.1, -0.05) is 51.1 Å². The molecule has 0 saturated carbocycles. The molecule has 3 aromatic rings. The summed E-state index contributed by atoms with van der Waals surface area (Å²) in [5.74, 6) is 0.771. The van der Waals surface area contributed by atoms with E-state index in [4.69, 9.17) is 4.74 Å². The number of methoxy groups -OCH3 is 1. The minimum atomic E-state index is -0.414. The molecule has 0 N–H and O–H groups in total. The molecule has 0 fully saturated rings. The minimum absolute atomic E-state index is 0.0786. The first-order valence-electron chi connectivity index (χ1n) is 10.0. The van der Waals surface area contributed by atoms with Gasteiger partial charge >= 0.3 is 0 Å². The Bertz CT molecular complexity index is 1110. The van der Waals surface area contributed by atoms with E-state index in [1.54, 1.807) is 13.3 Å². The SMILES string of the molecule is COC1N(c2ccccc2C)c2cc(C#N)cnc2N1c1ccc(C(C)(C)C)cc1. The van der Waals surface area contributed by atoms with Crippen molar-refractivity contribution in [3.05, 3.63) is 77.5 Å². The predicted molar refractivity (Wildman–Crippen MR) is 120 cm³/mol. The molecule has 0 amide bonds. The third kappa shape index (κ3) is 3.30. The van der Waals surface area contributed by atoms with Crippen molar-refractivity contribution in [2.75, 3.05) is 16.9 Å². The van der Waals surface area contributed by atoms with Crippen LogP contribution >= 0.6 is 0 Å². The van der Waals surface area contributed by atoms with E-state index in [0.29, 0.717) is 5.56 Å². The summed E-state index contributed by atoms with van der Waals surface area (Å²) in [6, 6.07) is 20.8. The predicted octanol–water partition coefficient (Wildman–Crippen LogP) is 5.78. The lowest BCUT2D eigenvalue weighted by Crippen LogP contribution is -2.40. The Morgan fingerprint density at radius 1 is 1.00 bits per heavy atom. The Hall–Kier alpha value is -3.36. The fraction of sp³-hybridized carbons (Fsp3) is 0.280. The molecule has 2 heterocycles. The number of hydrogen-bond acceptors (Lipinski definition) is 5. The normalized spacial score (nSPS) is 15.8. The van der Waals surface area contributed by atoms with Crippen LogP contribution in [0.3, 0.4) is 0 Å². The number of nitriles is 1. The summed E-state index contributed by atoms with van der Waals surface area (Å²) >= 11 is 0. The molecule has 4 rings (SSSR count). The van der Waals surface area contributed by atoms with Crippen molar-refractivity contribution in [2.45, 2.75) is 39.5 Å². The molecule has 1 unspecified atom stereocenters. The highest BCUT2D eigenvalue weighted by molar-refractivity contribution is 5.86. The van der Waals surface area contributed by atoms with Gasteiger partial charge in [0.15, 0.2) is 5.82 Å². The van der Waals surface area contributed by atoms with Crippen LogP contribution in [0.2, 0.25) is 0 Å². The molecule has 5 nitrogen and oxygen atoms in total. The van der Waals surface area contributed by atoms with Crippen LogP contribution in [0.25, 0.3) is 0 Å². The van der Waals surface area contributed by atoms with Gasteiger partial charge in [0.2, 0.25) is 6.35 Å². The first-order chi connectivity index (χ1) is 14.3. The average Bonchev–Trinajstić information content (AvgIpc) is 3.06. The van der Waals surface area contributed by atoms with E-state index in [9.17, 15) is 5.26 Å². The van der Waals surface area contributed by atoms with E-state index in [-0.39, 0.29) is 5.41 Å². The van der Waals surface area contributed by atoms with Gasteiger partial charge in [0.05, 0.1) is 11.3 Å². The van der Waals surface area contributed by atoms with Gasteiger partial charge in [-0.25, -0.2) is 4.98 Å². The molecule has 5 heteroatoms. The first-order valence-corrected chi connectivity index (χ1v) is 10.0. The minimum Gasteiger partial charge on any atom is -0.343 e. The number of aryl methyl sites for hydroxylation is 1. The number of rotatable bonds is 3. The Balaban J connectivity index is 1.88. The fourth-order valence-corrected chi connectivity index (χ4v) is 3.87. The molecule has 2 aromatic carbocycles. The molecule has 1 aliphatic heterocycles. The van der Waals surface area contributed by atoms with E-state index in [2.05, 4.69) is 84.9 Å². The monoisotopic (exact) mass is 398 g/mol. The van der Waals surface area contributed by atoms with E-state index in [0.717, 1.165) is 28.4 Å². The molecular weight excluding hydrogens is 372 g/mol. The zero-order valence-electron chi connectivity index (χ0n) is 18.0. The summed E-state index contributed by atoms with van der Waals surface area (Å²) < 4.78 is 5.98. The van der Waals surface area contributed by atoms with Crippen LogP contribution < -0.4 is 9.80 Å². The standard InChI is InChI=1S/C25H26N4O/c1-17-8-6-7-9-21(17)29-22-14-18(15-26)16-27-23(22)28(24(29)30-5)20-12-10-19(11-13-20)25(2,3)4/h6-14,16,24H,1-5H3. The molecular formula is C25H26N4O. The fourth-order valence-electron chi connectivity index (χ4n) is 3.87. The maximum absolute atomic E-state index is 9.44. The van der Waals surface area contributed by atoms with Gasteiger partial charge in [-0.2, -0.15) is 5.26 Å². The lowest BCUT2D eigenvalue weighted by molar-refractivity contribution is 0.118. The van der Waals surface area contributed by atoms with Crippen molar-refractivity contribution in [1.82, 2.24) is 4.98 Å². The highest BCUT2D eigenvalue weighted by atomic mass is 16.5. The largest absolute Gasteiger partial charge is 0.343 e. The second-order valence-electron chi connectivity index (χ2n) is 8.56. The average molecular weight is 399 g/mol. The number of ether oxygens (including phenoxy) is 1. The molecule has 0 spiro atoms. The molecule has 1 atom stereocenters. The molecule has 1 aromatic heterocycles. The van der Waals surface area contributed by atoms with Crippen molar-refractivity contribution in [3.8, 4) is 6.07 Å². The van der Waals surface area contributed by atoms with Crippen LogP contribution in [0.4, 0.5) is 22.9 Å². The molecule has 152 valence electrons. The van der Waals surface area contributed by atoms with Gasteiger partial charge in [-0.05, 0) is 47.7 Å². The third-order valence-electron chi connectivity index (χ3n) is 5.50. The molecule has 0 bridgehead atoms. The zero-order chi connectivity index (χ0) is 21.5. The second-order valence-corrected chi connectivity index (χ2v) is 8.56. The number of hydrogen-bond donors (Lipinski definition) is 0.